The first kappa shape index (κ1) is 23.2. The number of rotatable bonds is 8. The van der Waals surface area contributed by atoms with Gasteiger partial charge in [-0.25, -0.2) is 4.98 Å². The summed E-state index contributed by atoms with van der Waals surface area (Å²) < 4.78 is 6.62. The minimum atomic E-state index is 0.0268. The molecule has 170 valence electrons. The van der Waals surface area contributed by atoms with Gasteiger partial charge in [0.25, 0.3) is 5.91 Å². The number of carbonyl (C=O) groups is 1. The molecule has 0 unspecified atom stereocenters. The lowest BCUT2D eigenvalue weighted by molar-refractivity contribution is 0.0376. The molecule has 2 aromatic carbocycles. The minimum Gasteiger partial charge on any atom is -0.379 e. The number of aromatic nitrogens is 1. The van der Waals surface area contributed by atoms with Gasteiger partial charge in [0.1, 0.15) is 0 Å². The number of anilines is 1. The van der Waals surface area contributed by atoms with Crippen molar-refractivity contribution in [3.8, 4) is 0 Å². The average Bonchev–Trinajstić information content (AvgIpc) is 3.21. The highest BCUT2D eigenvalue weighted by molar-refractivity contribution is 7.99. The summed E-state index contributed by atoms with van der Waals surface area (Å²) in [4.78, 5) is 24.0. The number of carbonyl (C=O) groups excluding carboxylic acids is 1. The number of nitrogens with zero attached hydrogens (tertiary/aromatic N) is 3. The fraction of sp³-hybridized carbons (Fsp3) is 0.440. The molecule has 2 heterocycles. The van der Waals surface area contributed by atoms with E-state index in [9.17, 15) is 4.79 Å². The number of hydrogen-bond acceptors (Lipinski definition) is 6. The predicted molar refractivity (Wildman–Crippen MR) is 135 cm³/mol. The van der Waals surface area contributed by atoms with Crippen molar-refractivity contribution in [3.05, 3.63) is 53.1 Å². The number of amides is 1. The molecule has 1 saturated heterocycles. The molecule has 0 atom stereocenters. The van der Waals surface area contributed by atoms with E-state index in [0.717, 1.165) is 70.8 Å². The molecule has 1 fully saturated rings. The quantitative estimate of drug-likeness (QED) is 0.414. The number of morpholine rings is 1. The van der Waals surface area contributed by atoms with Crippen LogP contribution in [0.4, 0.5) is 5.13 Å². The van der Waals surface area contributed by atoms with Gasteiger partial charge >= 0.3 is 0 Å². The van der Waals surface area contributed by atoms with Crippen molar-refractivity contribution in [1.29, 1.82) is 0 Å². The van der Waals surface area contributed by atoms with Crippen LogP contribution in [0.15, 0.2) is 41.3 Å². The van der Waals surface area contributed by atoms with E-state index in [4.69, 9.17) is 9.72 Å². The monoisotopic (exact) mass is 469 g/mol. The summed E-state index contributed by atoms with van der Waals surface area (Å²) >= 11 is 3.38. The Morgan fingerprint density at radius 3 is 2.81 bits per heavy atom. The zero-order valence-corrected chi connectivity index (χ0v) is 20.7. The molecule has 0 radical (unpaired) electrons. The molecule has 32 heavy (non-hydrogen) atoms. The second-order valence-electron chi connectivity index (χ2n) is 8.15. The maximum atomic E-state index is 13.7. The number of ether oxygens (including phenoxy) is 1. The molecule has 5 nitrogen and oxygen atoms in total. The summed E-state index contributed by atoms with van der Waals surface area (Å²) in [6.45, 7) is 11.5. The first-order chi connectivity index (χ1) is 15.5. The highest BCUT2D eigenvalue weighted by atomic mass is 32.2. The smallest absolute Gasteiger partial charge is 0.260 e. The lowest BCUT2D eigenvalue weighted by Crippen LogP contribution is -2.39. The highest BCUT2D eigenvalue weighted by Gasteiger charge is 2.22. The van der Waals surface area contributed by atoms with Crippen LogP contribution < -0.4 is 4.90 Å². The summed E-state index contributed by atoms with van der Waals surface area (Å²) in [6, 6.07) is 12.3. The summed E-state index contributed by atoms with van der Waals surface area (Å²) in [5.74, 6) is 1.01. The molecule has 0 spiro atoms. The Kier molecular flexibility index (Phi) is 7.84. The van der Waals surface area contributed by atoms with Crippen molar-refractivity contribution < 1.29 is 9.53 Å². The molecule has 1 amide bonds. The van der Waals surface area contributed by atoms with Gasteiger partial charge in [0, 0.05) is 36.6 Å². The Balaban J connectivity index is 1.60. The van der Waals surface area contributed by atoms with Crippen molar-refractivity contribution in [2.45, 2.75) is 32.1 Å². The minimum absolute atomic E-state index is 0.0268. The maximum Gasteiger partial charge on any atom is 0.260 e. The van der Waals surface area contributed by atoms with Gasteiger partial charge in [-0.1, -0.05) is 30.4 Å². The largest absolute Gasteiger partial charge is 0.379 e. The molecule has 3 aromatic rings. The van der Waals surface area contributed by atoms with Gasteiger partial charge in [0.05, 0.1) is 23.4 Å². The summed E-state index contributed by atoms with van der Waals surface area (Å²) in [6.07, 6.45) is 0.906. The number of aryl methyl sites for hydroxylation is 2. The van der Waals surface area contributed by atoms with Gasteiger partial charge in [-0.05, 0) is 61.4 Å². The Morgan fingerprint density at radius 2 is 2.03 bits per heavy atom. The standard InChI is InChI=1S/C25H31N3O2S2/c1-4-31-21-8-5-7-20(17-21)24(29)28(10-6-9-27-11-13-30-14-12-27)25-26-22-16-18(2)15-19(3)23(22)32-25/h5,7-8,15-17H,4,6,9-14H2,1-3H3. The molecule has 1 aromatic heterocycles. The number of fused-ring (bicyclic) bond motifs is 1. The lowest BCUT2D eigenvalue weighted by Gasteiger charge is -2.27. The Labute approximate surface area is 198 Å². The van der Waals surface area contributed by atoms with Crippen LogP contribution in [0.3, 0.4) is 0 Å². The van der Waals surface area contributed by atoms with Gasteiger partial charge in [-0.3, -0.25) is 14.6 Å². The van der Waals surface area contributed by atoms with Gasteiger partial charge < -0.3 is 4.74 Å². The third kappa shape index (κ3) is 5.52. The molecule has 4 rings (SSSR count). The van der Waals surface area contributed by atoms with Gasteiger partial charge in [-0.2, -0.15) is 0 Å². The van der Waals surface area contributed by atoms with Crippen LogP contribution in [-0.4, -0.2) is 60.9 Å². The fourth-order valence-electron chi connectivity index (χ4n) is 4.08. The SMILES string of the molecule is CCSc1cccc(C(=O)N(CCCN2CCOCC2)c2nc3cc(C)cc(C)c3s2)c1. The molecule has 0 N–H and O–H groups in total. The van der Waals surface area contributed by atoms with E-state index in [2.05, 4.69) is 43.9 Å². The van der Waals surface area contributed by atoms with E-state index < -0.39 is 0 Å². The average molecular weight is 470 g/mol. The van der Waals surface area contributed by atoms with Gasteiger partial charge in [-0.15, -0.1) is 11.8 Å². The second kappa shape index (κ2) is 10.8. The first-order valence-corrected chi connectivity index (χ1v) is 13.1. The lowest BCUT2D eigenvalue weighted by atomic mass is 10.1. The number of benzene rings is 2. The van der Waals surface area contributed by atoms with Crippen LogP contribution in [0.25, 0.3) is 10.2 Å². The van der Waals surface area contributed by atoms with Crippen molar-refractivity contribution in [2.75, 3.05) is 50.0 Å². The van der Waals surface area contributed by atoms with Crippen molar-refractivity contribution in [2.24, 2.45) is 0 Å². The van der Waals surface area contributed by atoms with Crippen molar-refractivity contribution >= 4 is 44.4 Å². The highest BCUT2D eigenvalue weighted by Crippen LogP contribution is 2.33. The summed E-state index contributed by atoms with van der Waals surface area (Å²) in [7, 11) is 0. The third-order valence-corrected chi connectivity index (χ3v) is 7.74. The second-order valence-corrected chi connectivity index (χ2v) is 10.5. The van der Waals surface area contributed by atoms with Crippen molar-refractivity contribution in [3.63, 3.8) is 0 Å². The molecule has 1 aliphatic rings. The van der Waals surface area contributed by atoms with E-state index in [-0.39, 0.29) is 5.91 Å². The van der Waals surface area contributed by atoms with Gasteiger partial charge in [0.2, 0.25) is 0 Å². The number of hydrogen-bond donors (Lipinski definition) is 0. The van der Waals surface area contributed by atoms with Crippen LogP contribution in [0.2, 0.25) is 0 Å². The van der Waals surface area contributed by atoms with E-state index >= 15 is 0 Å². The van der Waals surface area contributed by atoms with Crippen LogP contribution >= 0.6 is 23.1 Å². The molecule has 0 saturated carbocycles. The van der Waals surface area contributed by atoms with E-state index in [0.29, 0.717) is 6.54 Å². The third-order valence-electron chi connectivity index (χ3n) is 5.64. The summed E-state index contributed by atoms with van der Waals surface area (Å²) in [5, 5.41) is 0.786. The maximum absolute atomic E-state index is 13.7. The number of thioether (sulfide) groups is 1. The van der Waals surface area contributed by atoms with Crippen LogP contribution in [0.1, 0.15) is 34.8 Å². The Bertz CT molecular complexity index is 1080. The van der Waals surface area contributed by atoms with E-state index in [1.54, 1.807) is 23.1 Å². The molecule has 0 bridgehead atoms. The van der Waals surface area contributed by atoms with Gasteiger partial charge in [0.15, 0.2) is 5.13 Å². The Hall–Kier alpha value is -1.93. The van der Waals surface area contributed by atoms with Crippen LogP contribution in [-0.2, 0) is 4.74 Å². The normalized spacial score (nSPS) is 14.7. The molecule has 0 aliphatic carbocycles. The molecule has 7 heteroatoms. The zero-order valence-electron chi connectivity index (χ0n) is 19.1. The predicted octanol–water partition coefficient (Wildman–Crippen LogP) is 5.39. The van der Waals surface area contributed by atoms with E-state index in [1.807, 2.05) is 23.1 Å². The van der Waals surface area contributed by atoms with Crippen LogP contribution in [0, 0.1) is 13.8 Å². The molecular formula is C25H31N3O2S2. The molecule has 1 aliphatic heterocycles. The Morgan fingerprint density at radius 1 is 1.22 bits per heavy atom. The first-order valence-electron chi connectivity index (χ1n) is 11.3. The zero-order chi connectivity index (χ0) is 22.5. The fourth-order valence-corrected chi connectivity index (χ4v) is 5.84. The number of thiazole rings is 1. The summed E-state index contributed by atoms with van der Waals surface area (Å²) in [5.41, 5.74) is 4.11. The van der Waals surface area contributed by atoms with E-state index in [1.165, 1.54) is 11.1 Å². The topological polar surface area (TPSA) is 45.7 Å². The van der Waals surface area contributed by atoms with Crippen LogP contribution in [0.5, 0.6) is 0 Å². The molecular weight excluding hydrogens is 438 g/mol. The van der Waals surface area contributed by atoms with Crippen molar-refractivity contribution in [1.82, 2.24) is 9.88 Å².